The van der Waals surface area contributed by atoms with E-state index in [1.165, 1.54) is 6.42 Å². The van der Waals surface area contributed by atoms with E-state index in [0.29, 0.717) is 18.6 Å². The Morgan fingerprint density at radius 1 is 1.38 bits per heavy atom. The lowest BCUT2D eigenvalue weighted by Gasteiger charge is -2.35. The molecule has 0 aromatic rings. The summed E-state index contributed by atoms with van der Waals surface area (Å²) in [4.78, 5) is 4.89. The van der Waals surface area contributed by atoms with Gasteiger partial charge in [-0.1, -0.05) is 0 Å². The summed E-state index contributed by atoms with van der Waals surface area (Å²) >= 11 is 0. The van der Waals surface area contributed by atoms with Crippen LogP contribution in [0.2, 0.25) is 0 Å². The maximum atomic E-state index is 8.62. The van der Waals surface area contributed by atoms with Gasteiger partial charge in [0.2, 0.25) is 0 Å². The second-order valence-corrected chi connectivity index (χ2v) is 4.33. The summed E-state index contributed by atoms with van der Waals surface area (Å²) in [6.45, 7) is 7.35. The van der Waals surface area contributed by atoms with Crippen molar-refractivity contribution in [2.45, 2.75) is 38.4 Å². The van der Waals surface area contributed by atoms with Gasteiger partial charge < -0.3 is 0 Å². The first-order chi connectivity index (χ1) is 6.24. The molecule has 3 heteroatoms. The van der Waals surface area contributed by atoms with Gasteiger partial charge in [-0.15, -0.1) is 0 Å². The van der Waals surface area contributed by atoms with Crippen molar-refractivity contribution in [3.05, 3.63) is 0 Å². The first-order valence-electron chi connectivity index (χ1n) is 5.10. The third-order valence-electron chi connectivity index (χ3n) is 3.20. The lowest BCUT2D eigenvalue weighted by molar-refractivity contribution is 0.113. The number of hydrogen-bond acceptors (Lipinski definition) is 3. The second-order valence-electron chi connectivity index (χ2n) is 4.33. The molecule has 2 fully saturated rings. The molecule has 1 aliphatic carbocycles. The molecule has 0 radical (unpaired) electrons. The molecule has 0 spiro atoms. The van der Waals surface area contributed by atoms with Gasteiger partial charge in [-0.3, -0.25) is 9.80 Å². The highest BCUT2D eigenvalue weighted by molar-refractivity contribution is 5.08. The molecule has 0 bridgehead atoms. The minimum Gasteiger partial charge on any atom is -0.295 e. The molecule has 2 unspecified atom stereocenters. The van der Waals surface area contributed by atoms with Crippen LogP contribution in [0.5, 0.6) is 0 Å². The predicted octanol–water partition coefficient (Wildman–Crippen LogP) is 0.677. The second kappa shape index (κ2) is 3.28. The predicted molar refractivity (Wildman–Crippen MR) is 51.2 cm³/mol. The Bertz CT molecular complexity index is 231. The normalized spacial score (nSPS) is 34.3. The zero-order valence-corrected chi connectivity index (χ0v) is 8.40. The lowest BCUT2D eigenvalue weighted by atomic mass is 10.2. The maximum absolute atomic E-state index is 8.62. The van der Waals surface area contributed by atoms with E-state index in [9.17, 15) is 0 Å². The summed E-state index contributed by atoms with van der Waals surface area (Å²) in [5.74, 6) is 0. The number of piperazine rings is 1. The van der Waals surface area contributed by atoms with Gasteiger partial charge in [-0.05, 0) is 20.3 Å². The topological polar surface area (TPSA) is 30.3 Å². The molecule has 2 atom stereocenters. The summed E-state index contributed by atoms with van der Waals surface area (Å²) in [6.07, 6.45) is 1.28. The van der Waals surface area contributed by atoms with Crippen LogP contribution in [-0.4, -0.2) is 47.6 Å². The molecule has 0 amide bonds. The molecule has 0 aromatic carbocycles. The average Bonchev–Trinajstić information content (AvgIpc) is 2.83. The van der Waals surface area contributed by atoms with Gasteiger partial charge in [0.25, 0.3) is 0 Å². The highest BCUT2D eigenvalue weighted by Gasteiger charge is 2.49. The van der Waals surface area contributed by atoms with Gasteiger partial charge in [0.05, 0.1) is 12.6 Å². The molecule has 2 aliphatic rings. The molecule has 1 heterocycles. The van der Waals surface area contributed by atoms with Crippen LogP contribution in [0.25, 0.3) is 0 Å². The lowest BCUT2D eigenvalue weighted by Crippen LogP contribution is -2.48. The summed E-state index contributed by atoms with van der Waals surface area (Å²) < 4.78 is 0. The zero-order valence-electron chi connectivity index (χ0n) is 8.40. The number of rotatable bonds is 2. The Labute approximate surface area is 79.9 Å². The fourth-order valence-electron chi connectivity index (χ4n) is 2.42. The van der Waals surface area contributed by atoms with Gasteiger partial charge >= 0.3 is 0 Å². The smallest absolute Gasteiger partial charge is 0.0869 e. The van der Waals surface area contributed by atoms with E-state index in [4.69, 9.17) is 5.26 Å². The molecule has 72 valence electrons. The Balaban J connectivity index is 1.92. The fourth-order valence-corrected chi connectivity index (χ4v) is 2.42. The van der Waals surface area contributed by atoms with E-state index in [-0.39, 0.29) is 0 Å². The molecular formula is C10H17N3. The van der Waals surface area contributed by atoms with Crippen molar-refractivity contribution in [3.63, 3.8) is 0 Å². The number of nitriles is 1. The van der Waals surface area contributed by atoms with Crippen molar-refractivity contribution in [3.8, 4) is 6.07 Å². The van der Waals surface area contributed by atoms with Crippen LogP contribution in [0.1, 0.15) is 20.3 Å². The summed E-state index contributed by atoms with van der Waals surface area (Å²) in [5.41, 5.74) is 0. The Morgan fingerprint density at radius 2 is 2.15 bits per heavy atom. The molecule has 13 heavy (non-hydrogen) atoms. The molecule has 1 saturated carbocycles. The van der Waals surface area contributed by atoms with Crippen molar-refractivity contribution in [1.29, 1.82) is 5.26 Å². The van der Waals surface area contributed by atoms with E-state index in [0.717, 1.165) is 19.1 Å². The van der Waals surface area contributed by atoms with Crippen molar-refractivity contribution in [1.82, 2.24) is 9.80 Å². The minimum atomic E-state index is 0.618. The Hall–Kier alpha value is -0.590. The van der Waals surface area contributed by atoms with Crippen molar-refractivity contribution in [2.24, 2.45) is 0 Å². The van der Waals surface area contributed by atoms with E-state index in [1.807, 2.05) is 0 Å². The summed E-state index contributed by atoms with van der Waals surface area (Å²) in [7, 11) is 0. The van der Waals surface area contributed by atoms with Crippen LogP contribution in [0.15, 0.2) is 0 Å². The first kappa shape index (κ1) is 8.98. The molecular weight excluding hydrogens is 162 g/mol. The SMILES string of the molecule is CC(C)N1CCN(CC#N)C2CC21. The van der Waals surface area contributed by atoms with Gasteiger partial charge in [0.15, 0.2) is 0 Å². The summed E-state index contributed by atoms with van der Waals surface area (Å²) in [5, 5.41) is 8.62. The van der Waals surface area contributed by atoms with Crippen molar-refractivity contribution < 1.29 is 0 Å². The number of nitrogens with zero attached hydrogens (tertiary/aromatic N) is 3. The van der Waals surface area contributed by atoms with Gasteiger partial charge in [0, 0.05) is 31.2 Å². The fraction of sp³-hybridized carbons (Fsp3) is 0.900. The molecule has 1 aliphatic heterocycles. The van der Waals surface area contributed by atoms with Crippen molar-refractivity contribution in [2.75, 3.05) is 19.6 Å². The molecule has 3 nitrogen and oxygen atoms in total. The third-order valence-corrected chi connectivity index (χ3v) is 3.20. The Kier molecular flexibility index (Phi) is 2.27. The highest BCUT2D eigenvalue weighted by Crippen LogP contribution is 2.37. The quantitative estimate of drug-likeness (QED) is 0.584. The largest absolute Gasteiger partial charge is 0.295 e. The van der Waals surface area contributed by atoms with E-state index < -0.39 is 0 Å². The molecule has 0 N–H and O–H groups in total. The van der Waals surface area contributed by atoms with Crippen LogP contribution in [0, 0.1) is 11.3 Å². The highest BCUT2D eigenvalue weighted by atomic mass is 15.4. The van der Waals surface area contributed by atoms with Crippen LogP contribution >= 0.6 is 0 Å². The minimum absolute atomic E-state index is 0.618. The van der Waals surface area contributed by atoms with Gasteiger partial charge in [-0.25, -0.2) is 0 Å². The van der Waals surface area contributed by atoms with Gasteiger partial charge in [-0.2, -0.15) is 5.26 Å². The number of hydrogen-bond donors (Lipinski definition) is 0. The van der Waals surface area contributed by atoms with Crippen LogP contribution in [-0.2, 0) is 0 Å². The zero-order chi connectivity index (χ0) is 9.42. The first-order valence-corrected chi connectivity index (χ1v) is 5.10. The standard InChI is InChI=1S/C10H17N3/c1-8(2)13-6-5-12(4-3-11)9-7-10(9)13/h8-10H,4-7H2,1-2H3. The molecule has 0 aromatic heterocycles. The van der Waals surface area contributed by atoms with E-state index in [1.54, 1.807) is 0 Å². The molecule has 2 rings (SSSR count). The molecule has 1 saturated heterocycles. The van der Waals surface area contributed by atoms with Crippen LogP contribution in [0.4, 0.5) is 0 Å². The summed E-state index contributed by atoms with van der Waals surface area (Å²) in [6, 6.07) is 4.35. The van der Waals surface area contributed by atoms with Crippen molar-refractivity contribution >= 4 is 0 Å². The van der Waals surface area contributed by atoms with E-state index in [2.05, 4.69) is 29.7 Å². The van der Waals surface area contributed by atoms with E-state index >= 15 is 0 Å². The average molecular weight is 179 g/mol. The van der Waals surface area contributed by atoms with Crippen LogP contribution in [0.3, 0.4) is 0 Å². The number of fused-ring (bicyclic) bond motifs is 1. The maximum Gasteiger partial charge on any atom is 0.0869 e. The Morgan fingerprint density at radius 3 is 2.77 bits per heavy atom. The monoisotopic (exact) mass is 179 g/mol. The van der Waals surface area contributed by atoms with Crippen LogP contribution < -0.4 is 0 Å². The van der Waals surface area contributed by atoms with Gasteiger partial charge in [0.1, 0.15) is 0 Å². The third kappa shape index (κ3) is 1.56.